The Bertz CT molecular complexity index is 799. The Morgan fingerprint density at radius 3 is 2.00 bits per heavy atom. The number of esters is 1. The monoisotopic (exact) mass is 380 g/mol. The summed E-state index contributed by atoms with van der Waals surface area (Å²) in [4.78, 5) is 12.1. The average Bonchev–Trinajstić information content (AvgIpc) is 2.59. The number of ether oxygens (including phenoxy) is 1. The smallest absolute Gasteiger partial charge is 0.310 e. The summed E-state index contributed by atoms with van der Waals surface area (Å²) < 4.78 is 5.22. The summed E-state index contributed by atoms with van der Waals surface area (Å²) in [5.74, 6) is 0.0898. The van der Waals surface area contributed by atoms with E-state index in [2.05, 4.69) is 41.5 Å². The standard InChI is InChI=1S/C25H32O3/c1-24(2,3)20-16-19(17-21(23(20)27)25(4,5)6)12-13-22(26)28-15-14-18-10-8-7-9-11-18/h7-11,14-17,27H,12-13H2,1-6H3. The second kappa shape index (κ2) is 8.64. The molecule has 2 rings (SSSR count). The summed E-state index contributed by atoms with van der Waals surface area (Å²) in [5, 5.41) is 10.8. The highest BCUT2D eigenvalue weighted by molar-refractivity contribution is 5.71. The fourth-order valence-electron chi connectivity index (χ4n) is 3.04. The van der Waals surface area contributed by atoms with Gasteiger partial charge in [-0.15, -0.1) is 0 Å². The van der Waals surface area contributed by atoms with E-state index in [1.54, 1.807) is 6.08 Å². The number of aromatic hydroxyl groups is 1. The number of carbonyl (C=O) groups is 1. The molecular formula is C25H32O3. The van der Waals surface area contributed by atoms with Gasteiger partial charge in [0, 0.05) is 6.42 Å². The number of hydrogen-bond acceptors (Lipinski definition) is 3. The van der Waals surface area contributed by atoms with Gasteiger partial charge < -0.3 is 9.84 Å². The minimum Gasteiger partial charge on any atom is -0.507 e. The molecule has 0 spiro atoms. The van der Waals surface area contributed by atoms with Crippen molar-refractivity contribution in [3.8, 4) is 5.75 Å². The zero-order valence-corrected chi connectivity index (χ0v) is 17.9. The highest BCUT2D eigenvalue weighted by atomic mass is 16.5. The first-order valence-corrected chi connectivity index (χ1v) is 9.76. The molecule has 0 aliphatic heterocycles. The van der Waals surface area contributed by atoms with Crippen LogP contribution in [-0.4, -0.2) is 11.1 Å². The molecule has 28 heavy (non-hydrogen) atoms. The molecule has 0 fully saturated rings. The third-order valence-corrected chi connectivity index (χ3v) is 4.66. The summed E-state index contributed by atoms with van der Waals surface area (Å²) in [6.45, 7) is 12.5. The highest BCUT2D eigenvalue weighted by Gasteiger charge is 2.26. The van der Waals surface area contributed by atoms with Crippen LogP contribution in [0.3, 0.4) is 0 Å². The molecule has 0 aliphatic rings. The number of benzene rings is 2. The quantitative estimate of drug-likeness (QED) is 0.501. The van der Waals surface area contributed by atoms with Gasteiger partial charge in [-0.1, -0.05) is 84.0 Å². The third-order valence-electron chi connectivity index (χ3n) is 4.66. The van der Waals surface area contributed by atoms with Crippen LogP contribution >= 0.6 is 0 Å². The van der Waals surface area contributed by atoms with Gasteiger partial charge >= 0.3 is 5.97 Å². The van der Waals surface area contributed by atoms with E-state index in [-0.39, 0.29) is 23.2 Å². The Hall–Kier alpha value is -2.55. The molecule has 0 saturated heterocycles. The van der Waals surface area contributed by atoms with Gasteiger partial charge in [-0.2, -0.15) is 0 Å². The van der Waals surface area contributed by atoms with Gasteiger partial charge in [0.1, 0.15) is 5.75 Å². The summed E-state index contributed by atoms with van der Waals surface area (Å²) >= 11 is 0. The Morgan fingerprint density at radius 2 is 1.50 bits per heavy atom. The minimum atomic E-state index is -0.269. The lowest BCUT2D eigenvalue weighted by Crippen LogP contribution is -2.18. The molecule has 0 saturated carbocycles. The maximum absolute atomic E-state index is 12.1. The molecule has 2 aromatic carbocycles. The Kier molecular flexibility index (Phi) is 6.71. The lowest BCUT2D eigenvalue weighted by Gasteiger charge is -2.28. The van der Waals surface area contributed by atoms with Crippen molar-refractivity contribution in [1.82, 2.24) is 0 Å². The topological polar surface area (TPSA) is 46.5 Å². The summed E-state index contributed by atoms with van der Waals surface area (Å²) in [6.07, 6.45) is 4.07. The van der Waals surface area contributed by atoms with Crippen LogP contribution in [0.4, 0.5) is 0 Å². The largest absolute Gasteiger partial charge is 0.507 e. The summed E-state index contributed by atoms with van der Waals surface area (Å²) in [6, 6.07) is 13.7. The van der Waals surface area contributed by atoms with E-state index in [0.29, 0.717) is 12.2 Å². The molecule has 3 nitrogen and oxygen atoms in total. The number of carbonyl (C=O) groups excluding carboxylic acids is 1. The average molecular weight is 381 g/mol. The lowest BCUT2D eigenvalue weighted by molar-refractivity contribution is -0.137. The Balaban J connectivity index is 2.11. The molecule has 0 radical (unpaired) electrons. The van der Waals surface area contributed by atoms with E-state index in [9.17, 15) is 9.90 Å². The van der Waals surface area contributed by atoms with Crippen LogP contribution in [0.5, 0.6) is 5.75 Å². The zero-order chi connectivity index (χ0) is 20.9. The molecule has 1 N–H and O–H groups in total. The van der Waals surface area contributed by atoms with Crippen molar-refractivity contribution >= 4 is 12.0 Å². The SMILES string of the molecule is CC(C)(C)c1cc(CCC(=O)OC=Cc2ccccc2)cc(C(C)(C)C)c1O. The van der Waals surface area contributed by atoms with Gasteiger partial charge in [0.15, 0.2) is 0 Å². The number of phenols is 1. The van der Waals surface area contributed by atoms with Gasteiger partial charge in [0.05, 0.1) is 6.26 Å². The normalized spacial score (nSPS) is 12.4. The molecule has 0 aliphatic carbocycles. The van der Waals surface area contributed by atoms with Crippen LogP contribution in [-0.2, 0) is 26.8 Å². The van der Waals surface area contributed by atoms with Gasteiger partial charge in [0.25, 0.3) is 0 Å². The third kappa shape index (κ3) is 5.98. The van der Waals surface area contributed by atoms with Crippen molar-refractivity contribution in [2.24, 2.45) is 0 Å². The van der Waals surface area contributed by atoms with Gasteiger partial charge in [0.2, 0.25) is 0 Å². The van der Waals surface area contributed by atoms with Crippen molar-refractivity contribution < 1.29 is 14.6 Å². The van der Waals surface area contributed by atoms with Crippen LogP contribution in [0.25, 0.3) is 6.08 Å². The van der Waals surface area contributed by atoms with Gasteiger partial charge in [-0.05, 0) is 45.6 Å². The maximum atomic E-state index is 12.1. The first kappa shape index (κ1) is 21.7. The van der Waals surface area contributed by atoms with Crippen LogP contribution in [0.15, 0.2) is 48.7 Å². The molecule has 0 amide bonds. The highest BCUT2D eigenvalue weighted by Crippen LogP contribution is 2.39. The van der Waals surface area contributed by atoms with E-state index >= 15 is 0 Å². The number of aryl methyl sites for hydroxylation is 1. The predicted molar refractivity (Wildman–Crippen MR) is 115 cm³/mol. The lowest BCUT2D eigenvalue weighted by atomic mass is 9.78. The van der Waals surface area contributed by atoms with E-state index in [1.165, 1.54) is 6.26 Å². The summed E-state index contributed by atoms with van der Waals surface area (Å²) in [7, 11) is 0. The molecular weight excluding hydrogens is 348 g/mol. The van der Waals surface area contributed by atoms with E-state index in [4.69, 9.17) is 4.74 Å². The number of rotatable bonds is 5. The van der Waals surface area contributed by atoms with Gasteiger partial charge in [-0.3, -0.25) is 4.79 Å². The molecule has 0 bridgehead atoms. The fraction of sp³-hybridized carbons (Fsp3) is 0.400. The number of phenolic OH excluding ortho intramolecular Hbond substituents is 1. The maximum Gasteiger partial charge on any atom is 0.310 e. The molecule has 0 unspecified atom stereocenters. The second-order valence-electron chi connectivity index (χ2n) is 9.24. The second-order valence-corrected chi connectivity index (χ2v) is 9.24. The molecule has 0 atom stereocenters. The van der Waals surface area contributed by atoms with Crippen molar-refractivity contribution in [1.29, 1.82) is 0 Å². The van der Waals surface area contributed by atoms with Gasteiger partial charge in [-0.25, -0.2) is 0 Å². The van der Waals surface area contributed by atoms with E-state index in [1.807, 2.05) is 42.5 Å². The molecule has 0 aromatic heterocycles. The Labute approximate surface area is 169 Å². The predicted octanol–water partition coefficient (Wildman–Crippen LogP) is 6.13. The van der Waals surface area contributed by atoms with E-state index in [0.717, 1.165) is 22.3 Å². The van der Waals surface area contributed by atoms with Crippen molar-refractivity contribution in [3.63, 3.8) is 0 Å². The first-order valence-electron chi connectivity index (χ1n) is 9.76. The molecule has 2 aromatic rings. The molecule has 0 heterocycles. The summed E-state index contributed by atoms with van der Waals surface area (Å²) in [5.41, 5.74) is 3.48. The van der Waals surface area contributed by atoms with Crippen LogP contribution in [0.1, 0.15) is 70.2 Å². The minimum absolute atomic E-state index is 0.182. The van der Waals surface area contributed by atoms with Crippen molar-refractivity contribution in [2.75, 3.05) is 0 Å². The number of hydrogen-bond donors (Lipinski definition) is 1. The Morgan fingerprint density at radius 1 is 0.964 bits per heavy atom. The first-order chi connectivity index (χ1) is 13.0. The fourth-order valence-corrected chi connectivity index (χ4v) is 3.04. The van der Waals surface area contributed by atoms with Crippen molar-refractivity contribution in [2.45, 2.75) is 65.2 Å². The molecule has 150 valence electrons. The van der Waals surface area contributed by atoms with Crippen molar-refractivity contribution in [3.05, 3.63) is 71.0 Å². The van der Waals surface area contributed by atoms with Crippen LogP contribution < -0.4 is 0 Å². The zero-order valence-electron chi connectivity index (χ0n) is 17.9. The van der Waals surface area contributed by atoms with Crippen LogP contribution in [0.2, 0.25) is 0 Å². The molecule has 3 heteroatoms. The van der Waals surface area contributed by atoms with E-state index < -0.39 is 0 Å². The van der Waals surface area contributed by atoms with Crippen LogP contribution in [0, 0.1) is 0 Å².